The third-order valence-electron chi connectivity index (χ3n) is 5.76. The molecule has 0 bridgehead atoms. The molecule has 0 saturated carbocycles. The van der Waals surface area contributed by atoms with Crippen LogP contribution in [0.5, 0.6) is 0 Å². The van der Waals surface area contributed by atoms with Crippen molar-refractivity contribution in [3.8, 4) is 0 Å². The standard InChI is InChI=1S/C23H27N3O6/c1-14-21(16(3)27)15(2)24-22(14)20(28)13-32-23(29)17-8-9-18(19(12-17)26(30)31)25-10-6-4-5-7-11-25/h8-9,12,24H,4-7,10-11,13H2,1-3H3. The molecule has 170 valence electrons. The van der Waals surface area contributed by atoms with E-state index in [0.29, 0.717) is 22.5 Å². The largest absolute Gasteiger partial charge is 0.454 e. The van der Waals surface area contributed by atoms with Gasteiger partial charge >= 0.3 is 5.97 Å². The number of H-pyrrole nitrogens is 1. The summed E-state index contributed by atoms with van der Waals surface area (Å²) in [6.45, 7) is 5.68. The highest BCUT2D eigenvalue weighted by molar-refractivity contribution is 6.04. The van der Waals surface area contributed by atoms with Crippen molar-refractivity contribution < 1.29 is 24.0 Å². The first-order chi connectivity index (χ1) is 15.2. The average molecular weight is 441 g/mol. The van der Waals surface area contributed by atoms with Crippen molar-refractivity contribution in [3.63, 3.8) is 0 Å². The molecule has 1 fully saturated rings. The van der Waals surface area contributed by atoms with E-state index in [9.17, 15) is 24.5 Å². The van der Waals surface area contributed by atoms with E-state index in [1.807, 2.05) is 4.90 Å². The van der Waals surface area contributed by atoms with Crippen molar-refractivity contribution in [2.75, 3.05) is 24.6 Å². The smallest absolute Gasteiger partial charge is 0.338 e. The Labute approximate surface area is 185 Å². The topological polar surface area (TPSA) is 123 Å². The number of ether oxygens (including phenoxy) is 1. The molecular formula is C23H27N3O6. The van der Waals surface area contributed by atoms with Gasteiger partial charge < -0.3 is 14.6 Å². The molecule has 9 nitrogen and oxygen atoms in total. The Balaban J connectivity index is 1.74. The molecule has 1 aliphatic rings. The summed E-state index contributed by atoms with van der Waals surface area (Å²) in [7, 11) is 0. The molecule has 1 saturated heterocycles. The SMILES string of the molecule is CC(=O)c1c(C)[nH]c(C(=O)COC(=O)c2ccc(N3CCCCCC3)c([N+](=O)[O-])c2)c1C. The minimum atomic E-state index is -0.823. The van der Waals surface area contributed by atoms with Crippen LogP contribution in [0.15, 0.2) is 18.2 Å². The van der Waals surface area contributed by atoms with Gasteiger partial charge in [-0.25, -0.2) is 4.79 Å². The minimum absolute atomic E-state index is 0.00638. The number of esters is 1. The highest BCUT2D eigenvalue weighted by Crippen LogP contribution is 2.31. The number of Topliss-reactive ketones (excluding diaryl/α,β-unsaturated/α-hetero) is 2. The van der Waals surface area contributed by atoms with E-state index in [4.69, 9.17) is 4.74 Å². The van der Waals surface area contributed by atoms with Crippen LogP contribution in [0.25, 0.3) is 0 Å². The molecule has 2 heterocycles. The Hall–Kier alpha value is -3.49. The number of rotatable bonds is 7. The summed E-state index contributed by atoms with van der Waals surface area (Å²) in [6, 6.07) is 4.25. The van der Waals surface area contributed by atoms with Crippen molar-refractivity contribution in [2.24, 2.45) is 0 Å². The van der Waals surface area contributed by atoms with E-state index in [1.165, 1.54) is 19.1 Å². The fraction of sp³-hybridized carbons (Fsp3) is 0.435. The lowest BCUT2D eigenvalue weighted by molar-refractivity contribution is -0.384. The second-order valence-electron chi connectivity index (χ2n) is 8.04. The predicted molar refractivity (Wildman–Crippen MR) is 119 cm³/mol. The van der Waals surface area contributed by atoms with Gasteiger partial charge in [0, 0.05) is 30.4 Å². The zero-order valence-electron chi connectivity index (χ0n) is 18.5. The lowest BCUT2D eigenvalue weighted by Gasteiger charge is -2.22. The van der Waals surface area contributed by atoms with Crippen molar-refractivity contribution >= 4 is 28.9 Å². The van der Waals surface area contributed by atoms with E-state index < -0.39 is 23.3 Å². The molecule has 9 heteroatoms. The fourth-order valence-corrected chi connectivity index (χ4v) is 4.22. The molecule has 0 spiro atoms. The number of benzene rings is 1. The Morgan fingerprint density at radius 1 is 1.12 bits per heavy atom. The van der Waals surface area contributed by atoms with Crippen molar-refractivity contribution in [2.45, 2.75) is 46.5 Å². The number of hydrogen-bond acceptors (Lipinski definition) is 7. The minimum Gasteiger partial charge on any atom is -0.454 e. The van der Waals surface area contributed by atoms with Gasteiger partial charge in [0.05, 0.1) is 16.2 Å². The first-order valence-corrected chi connectivity index (χ1v) is 10.6. The van der Waals surface area contributed by atoms with Crippen LogP contribution in [0.1, 0.15) is 75.1 Å². The van der Waals surface area contributed by atoms with Gasteiger partial charge in [-0.15, -0.1) is 0 Å². The Kier molecular flexibility index (Phi) is 7.07. The maximum Gasteiger partial charge on any atom is 0.338 e. The number of nitro benzene ring substituents is 1. The average Bonchev–Trinajstić information content (AvgIpc) is 2.92. The molecule has 0 aliphatic carbocycles. The highest BCUT2D eigenvalue weighted by Gasteiger charge is 2.24. The maximum absolute atomic E-state index is 12.5. The van der Waals surface area contributed by atoms with Crippen LogP contribution >= 0.6 is 0 Å². The number of nitro groups is 1. The Bertz CT molecular complexity index is 1060. The monoisotopic (exact) mass is 441 g/mol. The number of ketones is 2. The van der Waals surface area contributed by atoms with Crippen molar-refractivity contribution in [1.82, 2.24) is 4.98 Å². The van der Waals surface area contributed by atoms with Gasteiger partial charge in [0.25, 0.3) is 5.69 Å². The molecular weight excluding hydrogens is 414 g/mol. The molecule has 0 radical (unpaired) electrons. The summed E-state index contributed by atoms with van der Waals surface area (Å²) in [5, 5.41) is 11.6. The molecule has 2 aromatic rings. The fourth-order valence-electron chi connectivity index (χ4n) is 4.22. The van der Waals surface area contributed by atoms with E-state index in [2.05, 4.69) is 4.98 Å². The molecule has 1 aromatic carbocycles. The number of nitrogens with zero attached hydrogens (tertiary/aromatic N) is 2. The molecule has 0 unspecified atom stereocenters. The summed E-state index contributed by atoms with van der Waals surface area (Å²) < 4.78 is 5.12. The van der Waals surface area contributed by atoms with Crippen LogP contribution in [0.2, 0.25) is 0 Å². The zero-order valence-corrected chi connectivity index (χ0v) is 18.5. The highest BCUT2D eigenvalue weighted by atomic mass is 16.6. The number of anilines is 1. The number of aromatic nitrogens is 1. The Morgan fingerprint density at radius 3 is 2.34 bits per heavy atom. The van der Waals surface area contributed by atoms with E-state index in [1.54, 1.807) is 19.9 Å². The summed E-state index contributed by atoms with van der Waals surface area (Å²) in [5.74, 6) is -1.47. The maximum atomic E-state index is 12.5. The summed E-state index contributed by atoms with van der Waals surface area (Å²) in [5.41, 5.74) is 2.07. The van der Waals surface area contributed by atoms with Gasteiger partial charge in [-0.2, -0.15) is 0 Å². The summed E-state index contributed by atoms with van der Waals surface area (Å²) in [6.07, 6.45) is 4.12. The van der Waals surface area contributed by atoms with E-state index in [0.717, 1.165) is 38.8 Å². The van der Waals surface area contributed by atoms with Crippen molar-refractivity contribution in [1.29, 1.82) is 0 Å². The van der Waals surface area contributed by atoms with Crippen LogP contribution in [0.4, 0.5) is 11.4 Å². The quantitative estimate of drug-likeness (QED) is 0.296. The number of nitrogens with one attached hydrogen (secondary N) is 1. The molecule has 1 aromatic heterocycles. The summed E-state index contributed by atoms with van der Waals surface area (Å²) in [4.78, 5) is 52.8. The van der Waals surface area contributed by atoms with Gasteiger partial charge in [0.15, 0.2) is 12.4 Å². The first kappa shape index (κ1) is 23.2. The van der Waals surface area contributed by atoms with Crippen LogP contribution in [0.3, 0.4) is 0 Å². The Morgan fingerprint density at radius 2 is 1.78 bits per heavy atom. The van der Waals surface area contributed by atoms with Gasteiger partial charge in [0.2, 0.25) is 5.78 Å². The second-order valence-corrected chi connectivity index (χ2v) is 8.04. The molecule has 3 rings (SSSR count). The normalized spacial score (nSPS) is 14.0. The van der Waals surface area contributed by atoms with Gasteiger partial charge in [-0.3, -0.25) is 19.7 Å². The number of carbonyl (C=O) groups excluding carboxylic acids is 3. The van der Waals surface area contributed by atoms with Gasteiger partial charge in [-0.05, 0) is 51.3 Å². The number of aryl methyl sites for hydroxylation is 1. The molecule has 1 N–H and O–H groups in total. The van der Waals surface area contributed by atoms with Crippen LogP contribution < -0.4 is 4.90 Å². The van der Waals surface area contributed by atoms with E-state index >= 15 is 0 Å². The lowest BCUT2D eigenvalue weighted by atomic mass is 10.1. The van der Waals surface area contributed by atoms with E-state index in [-0.39, 0.29) is 22.7 Å². The number of carbonyl (C=O) groups is 3. The molecule has 0 atom stereocenters. The zero-order chi connectivity index (χ0) is 23.4. The predicted octanol–water partition coefficient (Wildman–Crippen LogP) is 4.16. The number of aromatic amines is 1. The van der Waals surface area contributed by atoms with Gasteiger partial charge in [-0.1, -0.05) is 12.8 Å². The third kappa shape index (κ3) is 4.87. The molecule has 0 amide bonds. The molecule has 1 aliphatic heterocycles. The second kappa shape index (κ2) is 9.76. The van der Waals surface area contributed by atoms with Gasteiger partial charge in [0.1, 0.15) is 5.69 Å². The van der Waals surface area contributed by atoms with Crippen LogP contribution in [-0.2, 0) is 4.74 Å². The number of hydrogen-bond donors (Lipinski definition) is 1. The van der Waals surface area contributed by atoms with Crippen LogP contribution in [-0.4, -0.2) is 47.1 Å². The third-order valence-corrected chi connectivity index (χ3v) is 5.76. The first-order valence-electron chi connectivity index (χ1n) is 10.6. The summed E-state index contributed by atoms with van der Waals surface area (Å²) >= 11 is 0. The van der Waals surface area contributed by atoms with Crippen molar-refractivity contribution in [3.05, 3.63) is 56.4 Å². The van der Waals surface area contributed by atoms with Crippen LogP contribution in [0, 0.1) is 24.0 Å². The lowest BCUT2D eigenvalue weighted by Crippen LogP contribution is -2.25. The molecule has 32 heavy (non-hydrogen) atoms.